The molecule has 0 saturated carbocycles. The molecule has 2 N–H and O–H groups in total. The van der Waals surface area contributed by atoms with E-state index >= 15 is 0 Å². The summed E-state index contributed by atoms with van der Waals surface area (Å²) in [6.45, 7) is 7.11. The third-order valence-corrected chi connectivity index (χ3v) is 4.16. The summed E-state index contributed by atoms with van der Waals surface area (Å²) >= 11 is 0. The molecular weight excluding hydrogens is 311 g/mol. The summed E-state index contributed by atoms with van der Waals surface area (Å²) in [5.74, 6) is -0.333. The molecule has 6 heteroatoms. The van der Waals surface area contributed by atoms with E-state index in [1.807, 2.05) is 0 Å². The molecule has 0 unspecified atom stereocenters. The number of amides is 1. The Morgan fingerprint density at radius 3 is 2.58 bits per heavy atom. The van der Waals surface area contributed by atoms with E-state index in [0.29, 0.717) is 17.7 Å². The van der Waals surface area contributed by atoms with Gasteiger partial charge in [-0.3, -0.25) is 5.32 Å². The number of carbonyl (C=O) groups excluding carboxylic acids is 1. The van der Waals surface area contributed by atoms with Crippen molar-refractivity contribution in [3.63, 3.8) is 0 Å². The number of carbonyl (C=O) groups is 1. The van der Waals surface area contributed by atoms with Crippen LogP contribution >= 0.6 is 0 Å². The number of anilines is 1. The maximum absolute atomic E-state index is 13.7. The van der Waals surface area contributed by atoms with Gasteiger partial charge in [-0.15, -0.1) is 0 Å². The van der Waals surface area contributed by atoms with Crippen molar-refractivity contribution in [2.45, 2.75) is 51.2 Å². The van der Waals surface area contributed by atoms with Crippen molar-refractivity contribution in [3.05, 3.63) is 29.6 Å². The van der Waals surface area contributed by atoms with Crippen LogP contribution in [0.1, 0.15) is 39.2 Å². The van der Waals surface area contributed by atoms with Gasteiger partial charge in [0.1, 0.15) is 11.4 Å². The first-order valence-corrected chi connectivity index (χ1v) is 8.27. The van der Waals surface area contributed by atoms with Crippen LogP contribution in [0.3, 0.4) is 0 Å². The highest BCUT2D eigenvalue weighted by atomic mass is 19.1. The Hall–Kier alpha value is -1.66. The summed E-state index contributed by atoms with van der Waals surface area (Å²) in [5, 5.41) is 6.03. The second-order valence-corrected chi connectivity index (χ2v) is 7.24. The highest BCUT2D eigenvalue weighted by Crippen LogP contribution is 2.30. The van der Waals surface area contributed by atoms with Gasteiger partial charge in [0.2, 0.25) is 0 Å². The van der Waals surface area contributed by atoms with Gasteiger partial charge in [0.05, 0.1) is 5.60 Å². The summed E-state index contributed by atoms with van der Waals surface area (Å²) < 4.78 is 24.8. The molecule has 0 spiro atoms. The average molecular weight is 338 g/mol. The Balaban J connectivity index is 2.19. The van der Waals surface area contributed by atoms with Crippen molar-refractivity contribution in [2.24, 2.45) is 0 Å². The van der Waals surface area contributed by atoms with Crippen molar-refractivity contribution in [1.82, 2.24) is 5.32 Å². The fourth-order valence-electron chi connectivity index (χ4n) is 2.93. The van der Waals surface area contributed by atoms with Crippen LogP contribution in [0.2, 0.25) is 0 Å². The van der Waals surface area contributed by atoms with E-state index in [9.17, 15) is 9.18 Å². The van der Waals surface area contributed by atoms with E-state index in [1.54, 1.807) is 33.9 Å². The molecule has 0 aromatic heterocycles. The average Bonchev–Trinajstić information content (AvgIpc) is 2.49. The Bertz CT molecular complexity index is 578. The molecular formula is C18H27FN2O3. The minimum absolute atomic E-state index is 0.333. The normalized spacial score (nSPS) is 17.4. The molecule has 2 rings (SSSR count). The number of ether oxygens (including phenoxy) is 2. The minimum Gasteiger partial charge on any atom is -0.444 e. The summed E-state index contributed by atoms with van der Waals surface area (Å²) in [7, 11) is 1.69. The minimum atomic E-state index is -0.590. The lowest BCUT2D eigenvalue weighted by molar-refractivity contribution is -0.0333. The molecule has 1 heterocycles. The summed E-state index contributed by atoms with van der Waals surface area (Å²) in [4.78, 5) is 12.0. The number of hydrogen-bond donors (Lipinski definition) is 2. The number of halogens is 1. The van der Waals surface area contributed by atoms with E-state index in [0.717, 1.165) is 25.9 Å². The topological polar surface area (TPSA) is 59.6 Å². The third kappa shape index (κ3) is 5.18. The lowest BCUT2D eigenvalue weighted by Crippen LogP contribution is -2.45. The van der Waals surface area contributed by atoms with Crippen molar-refractivity contribution < 1.29 is 18.7 Å². The predicted octanol–water partition coefficient (Wildman–Crippen LogP) is 3.48. The van der Waals surface area contributed by atoms with E-state index in [2.05, 4.69) is 10.6 Å². The maximum atomic E-state index is 13.7. The molecule has 1 saturated heterocycles. The van der Waals surface area contributed by atoms with Crippen LogP contribution in [-0.4, -0.2) is 37.5 Å². The standard InChI is InChI=1S/C18H27FN2O3/c1-17(2,3)24-16(22)21-15-6-5-14(19)11-13(15)12-18(23-4)7-9-20-10-8-18/h5-6,11,20H,7-10,12H2,1-4H3,(H,21,22). The van der Waals surface area contributed by atoms with Gasteiger partial charge in [0.15, 0.2) is 0 Å². The van der Waals surface area contributed by atoms with Crippen molar-refractivity contribution in [1.29, 1.82) is 0 Å². The van der Waals surface area contributed by atoms with E-state index in [-0.39, 0.29) is 11.4 Å². The van der Waals surface area contributed by atoms with Crippen molar-refractivity contribution >= 4 is 11.8 Å². The molecule has 1 aliphatic rings. The largest absolute Gasteiger partial charge is 0.444 e. The first kappa shape index (κ1) is 18.7. The Morgan fingerprint density at radius 2 is 2.00 bits per heavy atom. The summed E-state index contributed by atoms with van der Waals surface area (Å²) in [6, 6.07) is 4.35. The van der Waals surface area contributed by atoms with E-state index in [1.165, 1.54) is 12.1 Å². The highest BCUT2D eigenvalue weighted by molar-refractivity contribution is 5.86. The van der Waals surface area contributed by atoms with Crippen LogP contribution in [0, 0.1) is 5.82 Å². The Labute approximate surface area is 142 Å². The first-order chi connectivity index (χ1) is 11.2. The van der Waals surface area contributed by atoms with E-state index in [4.69, 9.17) is 9.47 Å². The molecule has 0 radical (unpaired) electrons. The maximum Gasteiger partial charge on any atom is 0.412 e. The van der Waals surface area contributed by atoms with Crippen LogP contribution in [-0.2, 0) is 15.9 Å². The molecule has 134 valence electrons. The lowest BCUT2D eigenvalue weighted by Gasteiger charge is -2.37. The molecule has 0 aliphatic carbocycles. The zero-order valence-corrected chi connectivity index (χ0v) is 14.9. The monoisotopic (exact) mass is 338 g/mol. The van der Waals surface area contributed by atoms with Crippen LogP contribution in [0.15, 0.2) is 18.2 Å². The smallest absolute Gasteiger partial charge is 0.412 e. The molecule has 0 atom stereocenters. The van der Waals surface area contributed by atoms with Gasteiger partial charge >= 0.3 is 6.09 Å². The van der Waals surface area contributed by atoms with Gasteiger partial charge < -0.3 is 14.8 Å². The number of methoxy groups -OCH3 is 1. The number of rotatable bonds is 4. The van der Waals surface area contributed by atoms with Gasteiger partial charge in [-0.25, -0.2) is 9.18 Å². The van der Waals surface area contributed by atoms with Gasteiger partial charge in [-0.2, -0.15) is 0 Å². The summed E-state index contributed by atoms with van der Waals surface area (Å²) in [5.41, 5.74) is 0.335. The quantitative estimate of drug-likeness (QED) is 0.882. The fourth-order valence-corrected chi connectivity index (χ4v) is 2.93. The predicted molar refractivity (Wildman–Crippen MR) is 91.8 cm³/mol. The molecule has 1 amide bonds. The van der Waals surface area contributed by atoms with Crippen molar-refractivity contribution in [2.75, 3.05) is 25.5 Å². The molecule has 1 aromatic carbocycles. The van der Waals surface area contributed by atoms with Gasteiger partial charge in [-0.05, 0) is 70.5 Å². The number of hydrogen-bond acceptors (Lipinski definition) is 4. The number of piperidine rings is 1. The van der Waals surface area contributed by atoms with Gasteiger partial charge in [0.25, 0.3) is 0 Å². The molecule has 5 nitrogen and oxygen atoms in total. The number of nitrogens with one attached hydrogen (secondary N) is 2. The van der Waals surface area contributed by atoms with Crippen LogP contribution in [0.4, 0.5) is 14.9 Å². The van der Waals surface area contributed by atoms with Gasteiger partial charge in [-0.1, -0.05) is 0 Å². The van der Waals surface area contributed by atoms with Gasteiger partial charge in [0, 0.05) is 19.2 Å². The second kappa shape index (κ2) is 7.49. The third-order valence-electron chi connectivity index (χ3n) is 4.16. The van der Waals surface area contributed by atoms with Crippen LogP contribution < -0.4 is 10.6 Å². The molecule has 0 bridgehead atoms. The lowest BCUT2D eigenvalue weighted by atomic mass is 9.85. The fraction of sp³-hybridized carbons (Fsp3) is 0.611. The molecule has 1 fully saturated rings. The SMILES string of the molecule is COC1(Cc2cc(F)ccc2NC(=O)OC(C)(C)C)CCNCC1. The Kier molecular flexibility index (Phi) is 5.83. The van der Waals surface area contributed by atoms with E-state index < -0.39 is 11.7 Å². The molecule has 24 heavy (non-hydrogen) atoms. The number of benzene rings is 1. The zero-order chi connectivity index (χ0) is 17.8. The molecule has 1 aromatic rings. The van der Waals surface area contributed by atoms with Crippen LogP contribution in [0.5, 0.6) is 0 Å². The first-order valence-electron chi connectivity index (χ1n) is 8.27. The van der Waals surface area contributed by atoms with Crippen LogP contribution in [0.25, 0.3) is 0 Å². The van der Waals surface area contributed by atoms with Crippen molar-refractivity contribution in [3.8, 4) is 0 Å². The second-order valence-electron chi connectivity index (χ2n) is 7.24. The zero-order valence-electron chi connectivity index (χ0n) is 14.9. The Morgan fingerprint density at radius 1 is 1.33 bits per heavy atom. The summed E-state index contributed by atoms with van der Waals surface area (Å²) in [6.07, 6.45) is 1.67. The molecule has 1 aliphatic heterocycles. The highest BCUT2D eigenvalue weighted by Gasteiger charge is 2.33.